The maximum atomic E-state index is 11.9. The number of hydrogen-bond donors (Lipinski definition) is 1. The van der Waals surface area contributed by atoms with Gasteiger partial charge in [-0.3, -0.25) is 9.69 Å². The van der Waals surface area contributed by atoms with E-state index in [2.05, 4.69) is 5.32 Å². The number of amides is 1. The van der Waals surface area contributed by atoms with Gasteiger partial charge in [-0.25, -0.2) is 8.42 Å². The van der Waals surface area contributed by atoms with E-state index in [-0.39, 0.29) is 24.0 Å². The van der Waals surface area contributed by atoms with Gasteiger partial charge in [0.1, 0.15) is 0 Å². The Labute approximate surface area is 117 Å². The van der Waals surface area contributed by atoms with Gasteiger partial charge in [0.05, 0.1) is 29.7 Å². The van der Waals surface area contributed by atoms with E-state index in [0.717, 1.165) is 0 Å². The number of carbonyl (C=O) groups is 1. The molecule has 0 unspecified atom stereocenters. The van der Waals surface area contributed by atoms with E-state index in [1.807, 2.05) is 11.0 Å². The molecule has 7 heteroatoms. The Morgan fingerprint density at radius 2 is 2.05 bits per heavy atom. The normalized spacial score (nSPS) is 18.1. The van der Waals surface area contributed by atoms with Crippen molar-refractivity contribution in [1.29, 1.82) is 5.26 Å². The first kappa shape index (κ1) is 14.5. The monoisotopic (exact) mass is 293 g/mol. The van der Waals surface area contributed by atoms with Crippen LogP contribution in [0.1, 0.15) is 5.56 Å². The summed E-state index contributed by atoms with van der Waals surface area (Å²) in [5.74, 6) is -0.00613. The summed E-state index contributed by atoms with van der Waals surface area (Å²) in [7, 11) is -2.93. The standard InChI is InChI=1S/C13H15N3O3S/c14-9-11-2-1-3-12(8-11)15-13(17)10-16-4-6-20(18,19)7-5-16/h1-3,8H,4-7,10H2,(H,15,17). The van der Waals surface area contributed by atoms with Crippen molar-refractivity contribution in [3.63, 3.8) is 0 Å². The molecule has 1 heterocycles. The molecular formula is C13H15N3O3S. The van der Waals surface area contributed by atoms with Crippen molar-refractivity contribution in [2.75, 3.05) is 36.5 Å². The third kappa shape index (κ3) is 4.05. The number of nitrogens with one attached hydrogen (secondary N) is 1. The molecular weight excluding hydrogens is 278 g/mol. The van der Waals surface area contributed by atoms with Gasteiger partial charge >= 0.3 is 0 Å². The molecule has 6 nitrogen and oxygen atoms in total. The third-order valence-corrected chi connectivity index (χ3v) is 4.69. The fraction of sp³-hybridized carbons (Fsp3) is 0.385. The molecule has 1 aliphatic rings. The molecule has 2 rings (SSSR count). The second-order valence-electron chi connectivity index (χ2n) is 4.67. The number of nitriles is 1. The fourth-order valence-electron chi connectivity index (χ4n) is 1.98. The van der Waals surface area contributed by atoms with Crippen LogP contribution in [0.25, 0.3) is 0 Å². The Morgan fingerprint density at radius 3 is 2.70 bits per heavy atom. The lowest BCUT2D eigenvalue weighted by Gasteiger charge is -2.25. The van der Waals surface area contributed by atoms with E-state index >= 15 is 0 Å². The van der Waals surface area contributed by atoms with Crippen LogP contribution >= 0.6 is 0 Å². The zero-order valence-corrected chi connectivity index (χ0v) is 11.7. The molecule has 1 fully saturated rings. The van der Waals surface area contributed by atoms with Gasteiger partial charge in [-0.2, -0.15) is 5.26 Å². The first-order chi connectivity index (χ1) is 9.48. The van der Waals surface area contributed by atoms with Gasteiger partial charge in [-0.05, 0) is 18.2 Å². The average molecular weight is 293 g/mol. The predicted molar refractivity (Wildman–Crippen MR) is 74.9 cm³/mol. The van der Waals surface area contributed by atoms with Gasteiger partial charge in [0.25, 0.3) is 0 Å². The van der Waals surface area contributed by atoms with Crippen LogP contribution in [0.3, 0.4) is 0 Å². The summed E-state index contributed by atoms with van der Waals surface area (Å²) in [5.41, 5.74) is 1.05. The molecule has 0 atom stereocenters. The SMILES string of the molecule is N#Cc1cccc(NC(=O)CN2CCS(=O)(=O)CC2)c1. The largest absolute Gasteiger partial charge is 0.325 e. The number of anilines is 1. The maximum Gasteiger partial charge on any atom is 0.238 e. The predicted octanol–water partition coefficient (Wildman–Crippen LogP) is 0.227. The average Bonchev–Trinajstić information content (AvgIpc) is 2.41. The molecule has 0 spiro atoms. The molecule has 0 saturated carbocycles. The van der Waals surface area contributed by atoms with E-state index in [0.29, 0.717) is 24.3 Å². The number of carbonyl (C=O) groups excluding carboxylic acids is 1. The lowest BCUT2D eigenvalue weighted by Crippen LogP contribution is -2.43. The van der Waals surface area contributed by atoms with Crippen molar-refractivity contribution in [2.24, 2.45) is 0 Å². The van der Waals surface area contributed by atoms with E-state index in [1.165, 1.54) is 0 Å². The summed E-state index contributed by atoms with van der Waals surface area (Å²) in [6.45, 7) is 0.925. The molecule has 1 saturated heterocycles. The third-order valence-electron chi connectivity index (χ3n) is 3.08. The number of benzene rings is 1. The zero-order chi connectivity index (χ0) is 14.6. The highest BCUT2D eigenvalue weighted by Gasteiger charge is 2.22. The molecule has 0 radical (unpaired) electrons. The van der Waals surface area contributed by atoms with Crippen LogP contribution in [0.4, 0.5) is 5.69 Å². The van der Waals surface area contributed by atoms with Crippen molar-refractivity contribution in [2.45, 2.75) is 0 Å². The van der Waals surface area contributed by atoms with Gasteiger partial charge in [0.2, 0.25) is 5.91 Å². The summed E-state index contributed by atoms with van der Waals surface area (Å²) in [6.07, 6.45) is 0. The second-order valence-corrected chi connectivity index (χ2v) is 6.97. The summed E-state index contributed by atoms with van der Waals surface area (Å²) in [5, 5.41) is 11.5. The van der Waals surface area contributed by atoms with Gasteiger partial charge < -0.3 is 5.32 Å². The van der Waals surface area contributed by atoms with Crippen LogP contribution < -0.4 is 5.32 Å². The first-order valence-corrected chi connectivity index (χ1v) is 8.03. The lowest BCUT2D eigenvalue weighted by atomic mass is 10.2. The topological polar surface area (TPSA) is 90.3 Å². The van der Waals surface area contributed by atoms with E-state index in [1.54, 1.807) is 24.3 Å². The molecule has 0 aliphatic carbocycles. The minimum atomic E-state index is -2.93. The number of sulfone groups is 1. The maximum absolute atomic E-state index is 11.9. The highest BCUT2D eigenvalue weighted by atomic mass is 32.2. The molecule has 1 aliphatic heterocycles. The molecule has 1 aromatic rings. The van der Waals surface area contributed by atoms with Gasteiger partial charge in [-0.1, -0.05) is 6.07 Å². The highest BCUT2D eigenvalue weighted by molar-refractivity contribution is 7.91. The fourth-order valence-corrected chi connectivity index (χ4v) is 3.26. The van der Waals surface area contributed by atoms with Gasteiger partial charge in [-0.15, -0.1) is 0 Å². The smallest absolute Gasteiger partial charge is 0.238 e. The van der Waals surface area contributed by atoms with Crippen LogP contribution in [-0.4, -0.2) is 50.4 Å². The highest BCUT2D eigenvalue weighted by Crippen LogP contribution is 2.10. The van der Waals surface area contributed by atoms with Crippen LogP contribution in [0.2, 0.25) is 0 Å². The molecule has 1 N–H and O–H groups in total. The summed E-state index contributed by atoms with van der Waals surface area (Å²) >= 11 is 0. The molecule has 20 heavy (non-hydrogen) atoms. The van der Waals surface area contributed by atoms with E-state index < -0.39 is 9.84 Å². The molecule has 1 aromatic carbocycles. The Hall–Kier alpha value is -1.91. The molecule has 0 aromatic heterocycles. The van der Waals surface area contributed by atoms with Crippen molar-refractivity contribution in [3.05, 3.63) is 29.8 Å². The Kier molecular flexibility index (Phi) is 4.37. The van der Waals surface area contributed by atoms with Crippen molar-refractivity contribution in [1.82, 2.24) is 4.90 Å². The summed E-state index contributed by atoms with van der Waals surface area (Å²) < 4.78 is 22.6. The van der Waals surface area contributed by atoms with Crippen LogP contribution in [0.5, 0.6) is 0 Å². The van der Waals surface area contributed by atoms with Crippen LogP contribution in [0, 0.1) is 11.3 Å². The zero-order valence-electron chi connectivity index (χ0n) is 10.9. The van der Waals surface area contributed by atoms with Crippen molar-refractivity contribution < 1.29 is 13.2 Å². The number of rotatable bonds is 3. The summed E-state index contributed by atoms with van der Waals surface area (Å²) in [6, 6.07) is 8.66. The number of nitrogens with zero attached hydrogens (tertiary/aromatic N) is 2. The first-order valence-electron chi connectivity index (χ1n) is 6.21. The summed E-state index contributed by atoms with van der Waals surface area (Å²) in [4.78, 5) is 13.7. The lowest BCUT2D eigenvalue weighted by molar-refractivity contribution is -0.117. The van der Waals surface area contributed by atoms with E-state index in [9.17, 15) is 13.2 Å². The van der Waals surface area contributed by atoms with Crippen molar-refractivity contribution >= 4 is 21.4 Å². The van der Waals surface area contributed by atoms with Gasteiger partial charge in [0.15, 0.2) is 9.84 Å². The molecule has 1 amide bonds. The van der Waals surface area contributed by atoms with E-state index in [4.69, 9.17) is 5.26 Å². The second kappa shape index (κ2) is 6.03. The van der Waals surface area contributed by atoms with Crippen LogP contribution in [-0.2, 0) is 14.6 Å². The van der Waals surface area contributed by atoms with Crippen molar-refractivity contribution in [3.8, 4) is 6.07 Å². The molecule has 0 bridgehead atoms. The Balaban J connectivity index is 1.88. The van der Waals surface area contributed by atoms with Crippen LogP contribution in [0.15, 0.2) is 24.3 Å². The minimum Gasteiger partial charge on any atom is -0.325 e. The quantitative estimate of drug-likeness (QED) is 0.861. The number of hydrogen-bond acceptors (Lipinski definition) is 5. The Bertz CT molecular complexity index is 635. The molecule has 106 valence electrons. The van der Waals surface area contributed by atoms with Gasteiger partial charge in [0, 0.05) is 18.8 Å². The minimum absolute atomic E-state index is 0.101. The Morgan fingerprint density at radius 1 is 1.35 bits per heavy atom.